The molecule has 0 amide bonds. The zero-order valence-corrected chi connectivity index (χ0v) is 15.0. The van der Waals surface area contributed by atoms with E-state index in [0.29, 0.717) is 11.6 Å². The van der Waals surface area contributed by atoms with Crippen molar-refractivity contribution in [2.45, 2.75) is 6.18 Å². The van der Waals surface area contributed by atoms with Crippen molar-refractivity contribution < 1.29 is 13.2 Å². The van der Waals surface area contributed by atoms with E-state index in [4.69, 9.17) is 23.2 Å². The Hall–Kier alpha value is -2.83. The zero-order chi connectivity index (χ0) is 19.8. The number of benzene rings is 1. The number of nitrogens with zero attached hydrogens (tertiary/aromatic N) is 6. The van der Waals surface area contributed by atoms with Gasteiger partial charge in [-0.1, -0.05) is 23.2 Å². The molecule has 0 N–H and O–H groups in total. The predicted octanol–water partition coefficient (Wildman–Crippen LogP) is 4.63. The number of hydrogen-bond donors (Lipinski definition) is 0. The number of aromatic nitrogens is 4. The Morgan fingerprint density at radius 3 is 2.33 bits per heavy atom. The zero-order valence-electron chi connectivity index (χ0n) is 13.5. The second-order valence-electron chi connectivity index (χ2n) is 5.32. The smallest absolute Gasteiger partial charge is 0.313 e. The number of nitriles is 1. The molecule has 138 valence electrons. The third-order valence-corrected chi connectivity index (χ3v) is 4.17. The Morgan fingerprint density at radius 1 is 1.15 bits per heavy atom. The van der Waals surface area contributed by atoms with Crippen molar-refractivity contribution in [3.8, 4) is 11.8 Å². The van der Waals surface area contributed by atoms with E-state index in [1.54, 1.807) is 11.9 Å². The van der Waals surface area contributed by atoms with Gasteiger partial charge in [0, 0.05) is 25.5 Å². The Bertz CT molecular complexity index is 1000. The molecule has 0 bridgehead atoms. The second-order valence-corrected chi connectivity index (χ2v) is 6.13. The van der Waals surface area contributed by atoms with E-state index >= 15 is 0 Å². The Labute approximate surface area is 161 Å². The fraction of sp³-hybridized carbons (Fsp3) is 0.125. The van der Waals surface area contributed by atoms with Crippen LogP contribution in [0.4, 0.5) is 24.8 Å². The molecular formula is C16H9Cl2F3N6. The highest BCUT2D eigenvalue weighted by Gasteiger charge is 2.32. The summed E-state index contributed by atoms with van der Waals surface area (Å²) in [6.07, 6.45) is -0.179. The summed E-state index contributed by atoms with van der Waals surface area (Å²) in [4.78, 5) is 9.65. The summed E-state index contributed by atoms with van der Waals surface area (Å²) in [5.41, 5.74) is -0.955. The second kappa shape index (κ2) is 7.06. The Morgan fingerprint density at radius 2 is 1.81 bits per heavy atom. The molecule has 0 aliphatic rings. The molecule has 0 saturated carbocycles. The van der Waals surface area contributed by atoms with Gasteiger partial charge in [0.25, 0.3) is 0 Å². The van der Waals surface area contributed by atoms with E-state index in [1.165, 1.54) is 29.3 Å². The van der Waals surface area contributed by atoms with Gasteiger partial charge in [-0.05, 0) is 12.1 Å². The molecule has 0 saturated heterocycles. The molecule has 11 heteroatoms. The topological polar surface area (TPSA) is 70.6 Å². The van der Waals surface area contributed by atoms with Gasteiger partial charge in [-0.25, -0.2) is 9.67 Å². The number of hydrogen-bond acceptors (Lipinski definition) is 5. The van der Waals surface area contributed by atoms with Gasteiger partial charge in [0.1, 0.15) is 17.6 Å². The van der Waals surface area contributed by atoms with Crippen LogP contribution in [-0.2, 0) is 6.18 Å². The minimum Gasteiger partial charge on any atom is -0.313 e. The average molecular weight is 413 g/mol. The molecule has 1 aromatic carbocycles. The lowest BCUT2D eigenvalue weighted by molar-refractivity contribution is -0.137. The van der Waals surface area contributed by atoms with E-state index in [1.807, 2.05) is 6.07 Å². The van der Waals surface area contributed by atoms with E-state index in [9.17, 15) is 18.4 Å². The number of alkyl halides is 3. The molecule has 0 spiro atoms. The predicted molar refractivity (Wildman–Crippen MR) is 93.4 cm³/mol. The van der Waals surface area contributed by atoms with Gasteiger partial charge in [0.05, 0.1) is 21.8 Å². The molecule has 27 heavy (non-hydrogen) atoms. The van der Waals surface area contributed by atoms with Crippen LogP contribution >= 0.6 is 23.2 Å². The summed E-state index contributed by atoms with van der Waals surface area (Å²) in [5.74, 6) is 0.734. The maximum Gasteiger partial charge on any atom is 0.416 e. The van der Waals surface area contributed by atoms with Crippen LogP contribution in [0.25, 0.3) is 5.69 Å². The average Bonchev–Trinajstić information content (AvgIpc) is 3.04. The number of anilines is 2. The summed E-state index contributed by atoms with van der Waals surface area (Å²) in [6, 6.07) is 4.81. The van der Waals surface area contributed by atoms with Crippen LogP contribution in [-0.4, -0.2) is 26.8 Å². The van der Waals surface area contributed by atoms with Crippen molar-refractivity contribution >= 4 is 34.8 Å². The molecular weight excluding hydrogens is 404 g/mol. The van der Waals surface area contributed by atoms with Crippen molar-refractivity contribution in [2.24, 2.45) is 0 Å². The molecule has 0 aliphatic heterocycles. The van der Waals surface area contributed by atoms with Crippen molar-refractivity contribution in [1.29, 1.82) is 5.26 Å². The van der Waals surface area contributed by atoms with Gasteiger partial charge in [-0.3, -0.25) is 4.98 Å². The van der Waals surface area contributed by atoms with Gasteiger partial charge in [-0.15, -0.1) is 0 Å². The van der Waals surface area contributed by atoms with Crippen LogP contribution in [0.15, 0.2) is 36.8 Å². The highest BCUT2D eigenvalue weighted by atomic mass is 35.5. The van der Waals surface area contributed by atoms with E-state index in [2.05, 4.69) is 15.1 Å². The van der Waals surface area contributed by atoms with E-state index in [-0.39, 0.29) is 21.4 Å². The quantitative estimate of drug-likeness (QED) is 0.627. The fourth-order valence-electron chi connectivity index (χ4n) is 2.34. The molecule has 2 aromatic heterocycles. The van der Waals surface area contributed by atoms with Crippen LogP contribution < -0.4 is 4.90 Å². The summed E-state index contributed by atoms with van der Waals surface area (Å²) in [5, 5.41) is 12.7. The standard InChI is InChI=1S/C16H9Cl2F3N6/c1-26(13-8-23-2-3-24-13)14-6-10(7-22)25-27(14)15-11(17)4-9(5-12(15)18)16(19,20)21/h2-6,8H,1H3. The highest BCUT2D eigenvalue weighted by molar-refractivity contribution is 6.38. The van der Waals surface area contributed by atoms with Gasteiger partial charge in [0.2, 0.25) is 0 Å². The summed E-state index contributed by atoms with van der Waals surface area (Å²) < 4.78 is 40.1. The molecule has 0 radical (unpaired) electrons. The Balaban J connectivity index is 2.19. The SMILES string of the molecule is CN(c1cnccn1)c1cc(C#N)nn1-c1c(Cl)cc(C(F)(F)F)cc1Cl. The lowest BCUT2D eigenvalue weighted by Crippen LogP contribution is -2.16. The minimum absolute atomic E-state index is 0.0126. The Kier molecular flexibility index (Phi) is 4.95. The normalized spacial score (nSPS) is 11.3. The van der Waals surface area contributed by atoms with E-state index < -0.39 is 11.7 Å². The lowest BCUT2D eigenvalue weighted by Gasteiger charge is -2.20. The first kappa shape index (κ1) is 18.9. The maximum atomic E-state index is 13.0. The van der Waals surface area contributed by atoms with Crippen molar-refractivity contribution in [3.63, 3.8) is 0 Å². The summed E-state index contributed by atoms with van der Waals surface area (Å²) in [6.45, 7) is 0. The van der Waals surface area contributed by atoms with Crippen molar-refractivity contribution in [2.75, 3.05) is 11.9 Å². The third-order valence-electron chi connectivity index (χ3n) is 3.60. The van der Waals surface area contributed by atoms with Crippen LogP contribution in [0.1, 0.15) is 11.3 Å². The number of halogens is 5. The summed E-state index contributed by atoms with van der Waals surface area (Å²) >= 11 is 12.2. The molecule has 0 atom stereocenters. The first-order chi connectivity index (χ1) is 12.7. The van der Waals surface area contributed by atoms with Gasteiger partial charge >= 0.3 is 6.18 Å². The van der Waals surface area contributed by atoms with Crippen molar-refractivity contribution in [3.05, 3.63) is 58.1 Å². The largest absolute Gasteiger partial charge is 0.416 e. The molecule has 0 unspecified atom stereocenters. The van der Waals surface area contributed by atoms with Gasteiger partial charge in [0.15, 0.2) is 11.5 Å². The summed E-state index contributed by atoms with van der Waals surface area (Å²) in [7, 11) is 1.63. The first-order valence-electron chi connectivity index (χ1n) is 7.29. The maximum absolute atomic E-state index is 13.0. The lowest BCUT2D eigenvalue weighted by atomic mass is 10.2. The molecule has 3 rings (SSSR count). The van der Waals surface area contributed by atoms with Crippen LogP contribution in [0.2, 0.25) is 10.0 Å². The number of rotatable bonds is 3. The van der Waals surface area contributed by atoms with Gasteiger partial charge in [-0.2, -0.15) is 23.5 Å². The van der Waals surface area contributed by atoms with Crippen LogP contribution in [0.3, 0.4) is 0 Å². The molecule has 6 nitrogen and oxygen atoms in total. The van der Waals surface area contributed by atoms with Crippen LogP contribution in [0, 0.1) is 11.3 Å². The van der Waals surface area contributed by atoms with Crippen molar-refractivity contribution in [1.82, 2.24) is 19.7 Å². The van der Waals surface area contributed by atoms with Crippen LogP contribution in [0.5, 0.6) is 0 Å². The monoisotopic (exact) mass is 412 g/mol. The molecule has 2 heterocycles. The minimum atomic E-state index is -4.60. The first-order valence-corrected chi connectivity index (χ1v) is 8.04. The molecule has 3 aromatic rings. The van der Waals surface area contributed by atoms with E-state index in [0.717, 1.165) is 12.1 Å². The fourth-order valence-corrected chi connectivity index (χ4v) is 2.99. The molecule has 0 fully saturated rings. The molecule has 0 aliphatic carbocycles. The highest BCUT2D eigenvalue weighted by Crippen LogP contribution is 2.39. The third kappa shape index (κ3) is 3.67. The van der Waals surface area contributed by atoms with Gasteiger partial charge < -0.3 is 4.90 Å².